The van der Waals surface area contributed by atoms with Gasteiger partial charge in [-0.1, -0.05) is 56.1 Å². The Kier molecular flexibility index (Phi) is 4.20. The van der Waals surface area contributed by atoms with E-state index in [-0.39, 0.29) is 10.5 Å². The van der Waals surface area contributed by atoms with Crippen molar-refractivity contribution in [3.05, 3.63) is 78.4 Å². The molecule has 0 spiro atoms. The summed E-state index contributed by atoms with van der Waals surface area (Å²) in [4.78, 5) is 22.4. The summed E-state index contributed by atoms with van der Waals surface area (Å²) in [6.45, 7) is 0. The number of rotatable bonds is 4. The van der Waals surface area contributed by atoms with E-state index in [1.165, 1.54) is 28.2 Å². The van der Waals surface area contributed by atoms with Gasteiger partial charge < -0.3 is 14.4 Å². The highest BCUT2D eigenvalue weighted by Crippen LogP contribution is 2.35. The van der Waals surface area contributed by atoms with Crippen LogP contribution in [0.4, 0.5) is 0 Å². The van der Waals surface area contributed by atoms with Crippen LogP contribution in [0.5, 0.6) is 0 Å². The number of hydrogen-bond donors (Lipinski definition) is 0. The molecule has 0 N–H and O–H groups in total. The molecule has 138 valence electrons. The Bertz CT molecular complexity index is 1310. The van der Waals surface area contributed by atoms with Crippen LogP contribution in [0.2, 0.25) is 0 Å². The van der Waals surface area contributed by atoms with Crippen molar-refractivity contribution in [3.63, 3.8) is 0 Å². The maximum absolute atomic E-state index is 13.3. The van der Waals surface area contributed by atoms with Crippen molar-refractivity contribution < 1.29 is 22.8 Å². The van der Waals surface area contributed by atoms with Crippen molar-refractivity contribution in [2.24, 2.45) is 0 Å². The second kappa shape index (κ2) is 6.32. The molecule has 3 aromatic carbocycles. The summed E-state index contributed by atoms with van der Waals surface area (Å²) in [5.41, 5.74) is 1.08. The minimum absolute atomic E-state index is 0.122. The minimum atomic E-state index is -4.77. The van der Waals surface area contributed by atoms with E-state index >= 15 is 0 Å². The second-order valence-corrected chi connectivity index (χ2v) is 9.54. The molecule has 0 aliphatic carbocycles. The van der Waals surface area contributed by atoms with Crippen molar-refractivity contribution >= 4 is 39.4 Å². The van der Waals surface area contributed by atoms with Crippen LogP contribution in [0.1, 0.15) is 5.56 Å². The lowest BCUT2D eigenvalue weighted by Gasteiger charge is -2.29. The number of aromatic nitrogens is 1. The summed E-state index contributed by atoms with van der Waals surface area (Å²) in [6, 6.07) is 19.7. The van der Waals surface area contributed by atoms with Gasteiger partial charge >= 0.3 is 0 Å². The van der Waals surface area contributed by atoms with Crippen LogP contribution in [0.15, 0.2) is 77.7 Å². The Morgan fingerprint density at radius 3 is 2.15 bits per heavy atom. The van der Waals surface area contributed by atoms with Crippen LogP contribution in [0.3, 0.4) is 0 Å². The predicted octanol–water partition coefficient (Wildman–Crippen LogP) is 2.45. The van der Waals surface area contributed by atoms with Crippen LogP contribution in [-0.2, 0) is 20.8 Å². The molecule has 1 aromatic heterocycles. The van der Waals surface area contributed by atoms with Crippen molar-refractivity contribution in [2.75, 3.05) is 0 Å². The zero-order chi connectivity index (χ0) is 19.2. The van der Waals surface area contributed by atoms with E-state index < -0.39 is 23.8 Å². The van der Waals surface area contributed by atoms with Gasteiger partial charge in [-0.3, -0.25) is 0 Å². The van der Waals surface area contributed by atoms with E-state index in [1.54, 1.807) is 48.5 Å². The summed E-state index contributed by atoms with van der Waals surface area (Å²) in [5.74, 6) is 0. The molecule has 0 aliphatic rings. The molecule has 0 saturated heterocycles. The first-order valence-electron chi connectivity index (χ1n) is 8.11. The fraction of sp³-hybridized carbons (Fsp3) is 0.0526. The fourth-order valence-electron chi connectivity index (χ4n) is 3.26. The van der Waals surface area contributed by atoms with E-state index in [4.69, 9.17) is 0 Å². The summed E-state index contributed by atoms with van der Waals surface area (Å²) in [7, 11) is -8.69. The van der Waals surface area contributed by atoms with E-state index in [2.05, 4.69) is 0 Å². The van der Waals surface area contributed by atoms with E-state index in [9.17, 15) is 22.8 Å². The highest BCUT2D eigenvalue weighted by Gasteiger charge is 2.23. The van der Waals surface area contributed by atoms with Crippen LogP contribution >= 0.6 is 7.60 Å². The lowest BCUT2D eigenvalue weighted by atomic mass is 10.1. The van der Waals surface area contributed by atoms with Crippen LogP contribution in [0, 0.1) is 0 Å². The highest BCUT2D eigenvalue weighted by atomic mass is 32.2. The molecule has 0 radical (unpaired) electrons. The SMILES string of the molecule is O=P([O-])([O-])Cc1ccc2c3ccccc3n(S(=O)(=O)c3ccccc3)c2c1. The third-order valence-corrected chi connectivity index (χ3v) is 6.85. The minimum Gasteiger partial charge on any atom is -0.810 e. The first kappa shape index (κ1) is 17.9. The van der Waals surface area contributed by atoms with Crippen molar-refractivity contribution in [1.29, 1.82) is 0 Å². The van der Waals surface area contributed by atoms with Crippen LogP contribution < -0.4 is 9.79 Å². The molecule has 0 unspecified atom stereocenters. The Labute approximate surface area is 155 Å². The maximum Gasteiger partial charge on any atom is 0.268 e. The van der Waals surface area contributed by atoms with Crippen molar-refractivity contribution in [3.8, 4) is 0 Å². The Hall–Kier alpha value is -2.44. The molecular formula is C19H14NO5PS-2. The molecule has 0 amide bonds. The first-order valence-corrected chi connectivity index (χ1v) is 11.3. The largest absolute Gasteiger partial charge is 0.810 e. The van der Waals surface area contributed by atoms with Crippen molar-refractivity contribution in [1.82, 2.24) is 3.97 Å². The van der Waals surface area contributed by atoms with E-state index in [1.807, 2.05) is 0 Å². The fourth-order valence-corrected chi connectivity index (χ4v) is 5.44. The molecule has 4 rings (SSSR count). The van der Waals surface area contributed by atoms with Gasteiger partial charge in [-0.05, 0) is 29.8 Å². The molecule has 4 aromatic rings. The molecule has 6 nitrogen and oxygen atoms in total. The normalized spacial score (nSPS) is 12.7. The summed E-state index contributed by atoms with van der Waals surface area (Å²) in [5, 5.41) is 1.39. The van der Waals surface area contributed by atoms with Gasteiger partial charge in [0.15, 0.2) is 0 Å². The zero-order valence-corrected chi connectivity index (χ0v) is 15.7. The molecule has 0 atom stereocenters. The first-order chi connectivity index (χ1) is 12.8. The number of fused-ring (bicyclic) bond motifs is 3. The highest BCUT2D eigenvalue weighted by molar-refractivity contribution is 7.90. The van der Waals surface area contributed by atoms with Gasteiger partial charge in [-0.2, -0.15) is 0 Å². The summed E-state index contributed by atoms with van der Waals surface area (Å²) < 4.78 is 39.0. The third-order valence-electron chi connectivity index (χ3n) is 4.35. The number of hydrogen-bond acceptors (Lipinski definition) is 5. The van der Waals surface area contributed by atoms with Gasteiger partial charge in [0.1, 0.15) is 0 Å². The van der Waals surface area contributed by atoms with Gasteiger partial charge in [0.05, 0.1) is 15.9 Å². The maximum atomic E-state index is 13.3. The van der Waals surface area contributed by atoms with Crippen molar-refractivity contribution in [2.45, 2.75) is 11.1 Å². The lowest BCUT2D eigenvalue weighted by Crippen LogP contribution is -2.15. The van der Waals surface area contributed by atoms with Crippen LogP contribution in [0.25, 0.3) is 21.8 Å². The predicted molar refractivity (Wildman–Crippen MR) is 99.8 cm³/mol. The van der Waals surface area contributed by atoms with Gasteiger partial charge in [0.25, 0.3) is 10.0 Å². The van der Waals surface area contributed by atoms with Gasteiger partial charge in [0, 0.05) is 16.9 Å². The second-order valence-electron chi connectivity index (χ2n) is 6.22. The third kappa shape index (κ3) is 3.19. The van der Waals surface area contributed by atoms with Crippen LogP contribution in [-0.4, -0.2) is 12.4 Å². The molecule has 1 heterocycles. The summed E-state index contributed by atoms with van der Waals surface area (Å²) in [6.07, 6.45) is -0.671. The molecule has 27 heavy (non-hydrogen) atoms. The zero-order valence-electron chi connectivity index (χ0n) is 14.0. The lowest BCUT2D eigenvalue weighted by molar-refractivity contribution is -0.314. The monoisotopic (exact) mass is 399 g/mol. The van der Waals surface area contributed by atoms with Gasteiger partial charge in [0.2, 0.25) is 0 Å². The molecule has 8 heteroatoms. The van der Waals surface area contributed by atoms with Gasteiger partial charge in [-0.25, -0.2) is 12.4 Å². The molecule has 0 saturated carbocycles. The van der Waals surface area contributed by atoms with E-state index in [0.717, 1.165) is 5.39 Å². The standard InChI is InChI=1S/C19H16NO5PS/c21-26(22,23)13-14-10-11-17-16-8-4-5-9-18(16)20(19(17)12-14)27(24,25)15-6-2-1-3-7-15/h1-12H,13H2,(H2,21,22,23)/p-2. The smallest absolute Gasteiger partial charge is 0.268 e. The quantitative estimate of drug-likeness (QED) is 0.491. The van der Waals surface area contributed by atoms with E-state index in [0.29, 0.717) is 16.4 Å². The molecule has 0 aliphatic heterocycles. The Morgan fingerprint density at radius 2 is 1.44 bits per heavy atom. The average Bonchev–Trinajstić information content (AvgIpc) is 2.95. The van der Waals surface area contributed by atoms with Gasteiger partial charge in [-0.15, -0.1) is 0 Å². The summed E-state index contributed by atoms with van der Waals surface area (Å²) >= 11 is 0. The Morgan fingerprint density at radius 1 is 0.815 bits per heavy atom. The number of nitrogens with zero attached hydrogens (tertiary/aromatic N) is 1. The topological polar surface area (TPSA) is 102 Å². The number of para-hydroxylation sites is 1. The molecule has 0 fully saturated rings. The average molecular weight is 399 g/mol. The molecular weight excluding hydrogens is 385 g/mol. The Balaban J connectivity index is 2.08. The number of benzene rings is 3. The molecule has 0 bridgehead atoms.